The Morgan fingerprint density at radius 3 is 2.38 bits per heavy atom. The van der Waals surface area contributed by atoms with Crippen molar-refractivity contribution in [1.82, 2.24) is 4.72 Å². The Labute approximate surface area is 84.7 Å². The molecule has 3 nitrogen and oxygen atoms in total. The van der Waals surface area contributed by atoms with E-state index in [1.54, 1.807) is 13.8 Å². The molecule has 1 heterocycles. The monoisotopic (exact) mass is 223 g/mol. The van der Waals surface area contributed by atoms with Gasteiger partial charge in [-0.15, -0.1) is 0 Å². The molecule has 1 N–H and O–H groups in total. The topological polar surface area (TPSA) is 46.2 Å². The van der Waals surface area contributed by atoms with Crippen molar-refractivity contribution in [2.24, 2.45) is 5.92 Å². The van der Waals surface area contributed by atoms with Gasteiger partial charge in [-0.1, -0.05) is 6.92 Å². The summed E-state index contributed by atoms with van der Waals surface area (Å²) in [4.78, 5) is 0. The fraction of sp³-hybridized carbons (Fsp3) is 1.00. The van der Waals surface area contributed by atoms with Gasteiger partial charge in [-0.3, -0.25) is 0 Å². The van der Waals surface area contributed by atoms with E-state index in [-0.39, 0.29) is 11.3 Å². The van der Waals surface area contributed by atoms with Gasteiger partial charge in [0.05, 0.1) is 5.25 Å². The Kier molecular flexibility index (Phi) is 3.65. The summed E-state index contributed by atoms with van der Waals surface area (Å²) in [5, 5.41) is -0.328. The highest BCUT2D eigenvalue weighted by Gasteiger charge is 2.29. The van der Waals surface area contributed by atoms with Crippen LogP contribution in [-0.4, -0.2) is 31.2 Å². The molecule has 0 aromatic heterocycles. The number of thioether (sulfide) groups is 1. The first kappa shape index (κ1) is 11.3. The van der Waals surface area contributed by atoms with Crippen molar-refractivity contribution in [3.63, 3.8) is 0 Å². The highest BCUT2D eigenvalue weighted by molar-refractivity contribution is 7.99. The molecule has 1 fully saturated rings. The fourth-order valence-corrected chi connectivity index (χ4v) is 3.68. The van der Waals surface area contributed by atoms with E-state index >= 15 is 0 Å². The highest BCUT2D eigenvalue weighted by Crippen LogP contribution is 2.24. The van der Waals surface area contributed by atoms with E-state index in [4.69, 9.17) is 0 Å². The van der Waals surface area contributed by atoms with Crippen LogP contribution in [0.3, 0.4) is 0 Å². The molecule has 0 bridgehead atoms. The molecule has 1 rings (SSSR count). The Morgan fingerprint density at radius 2 is 2.00 bits per heavy atom. The Morgan fingerprint density at radius 1 is 1.38 bits per heavy atom. The summed E-state index contributed by atoms with van der Waals surface area (Å²) < 4.78 is 25.8. The molecule has 0 saturated carbocycles. The summed E-state index contributed by atoms with van der Waals surface area (Å²) in [6.07, 6.45) is 0. The average Bonchev–Trinajstić information content (AvgIpc) is 2.35. The first-order valence-electron chi connectivity index (χ1n) is 4.52. The van der Waals surface area contributed by atoms with Crippen molar-refractivity contribution in [1.29, 1.82) is 0 Å². The third-order valence-electron chi connectivity index (χ3n) is 2.30. The second-order valence-corrected chi connectivity index (χ2v) is 7.18. The van der Waals surface area contributed by atoms with Crippen LogP contribution in [0.5, 0.6) is 0 Å². The smallest absolute Gasteiger partial charge is 0.212 e. The summed E-state index contributed by atoms with van der Waals surface area (Å²) in [5.74, 6) is 2.43. The molecular formula is C8H17NO2S2. The van der Waals surface area contributed by atoms with Gasteiger partial charge in [-0.25, -0.2) is 13.1 Å². The molecule has 2 unspecified atom stereocenters. The maximum atomic E-state index is 11.5. The lowest BCUT2D eigenvalue weighted by Gasteiger charge is -2.18. The van der Waals surface area contributed by atoms with Gasteiger partial charge in [0.15, 0.2) is 0 Å². The summed E-state index contributed by atoms with van der Waals surface area (Å²) in [6, 6.07) is 0.136. The first-order valence-corrected chi connectivity index (χ1v) is 7.22. The third kappa shape index (κ3) is 2.86. The van der Waals surface area contributed by atoms with Crippen molar-refractivity contribution < 1.29 is 8.42 Å². The lowest BCUT2D eigenvalue weighted by atomic mass is 10.1. The Balaban J connectivity index is 2.58. The third-order valence-corrected chi connectivity index (χ3v) is 5.53. The zero-order chi connectivity index (χ0) is 10.1. The van der Waals surface area contributed by atoms with Crippen LogP contribution in [0.1, 0.15) is 20.8 Å². The lowest BCUT2D eigenvalue weighted by Crippen LogP contribution is -2.42. The summed E-state index contributed by atoms with van der Waals surface area (Å²) >= 11 is 1.82. The average molecular weight is 223 g/mol. The van der Waals surface area contributed by atoms with Crippen molar-refractivity contribution >= 4 is 21.8 Å². The molecule has 0 amide bonds. The summed E-state index contributed by atoms with van der Waals surface area (Å²) in [7, 11) is -3.08. The van der Waals surface area contributed by atoms with Crippen molar-refractivity contribution in [3.05, 3.63) is 0 Å². The van der Waals surface area contributed by atoms with Crippen LogP contribution in [0, 0.1) is 5.92 Å². The van der Waals surface area contributed by atoms with Crippen molar-refractivity contribution in [3.8, 4) is 0 Å². The van der Waals surface area contributed by atoms with Gasteiger partial charge >= 0.3 is 0 Å². The minimum Gasteiger partial charge on any atom is -0.212 e. The largest absolute Gasteiger partial charge is 0.214 e. The molecule has 1 aliphatic rings. The number of sulfonamides is 1. The zero-order valence-electron chi connectivity index (χ0n) is 8.28. The van der Waals surface area contributed by atoms with Crippen LogP contribution < -0.4 is 4.72 Å². The number of hydrogen-bond acceptors (Lipinski definition) is 3. The van der Waals surface area contributed by atoms with Crippen LogP contribution >= 0.6 is 11.8 Å². The van der Waals surface area contributed by atoms with Crippen LogP contribution in [-0.2, 0) is 10.0 Å². The molecule has 2 atom stereocenters. The van der Waals surface area contributed by atoms with Gasteiger partial charge in [-0.05, 0) is 25.5 Å². The minimum atomic E-state index is -3.08. The molecule has 1 aliphatic heterocycles. The summed E-state index contributed by atoms with van der Waals surface area (Å²) in [5.41, 5.74) is 0. The van der Waals surface area contributed by atoms with E-state index in [9.17, 15) is 8.42 Å². The molecule has 0 aromatic carbocycles. The molecule has 1 saturated heterocycles. The van der Waals surface area contributed by atoms with E-state index in [2.05, 4.69) is 11.6 Å². The van der Waals surface area contributed by atoms with Gasteiger partial charge in [0.1, 0.15) is 0 Å². The van der Waals surface area contributed by atoms with E-state index in [1.807, 2.05) is 11.8 Å². The van der Waals surface area contributed by atoms with Crippen LogP contribution in [0.25, 0.3) is 0 Å². The van der Waals surface area contributed by atoms with E-state index < -0.39 is 10.0 Å². The second kappa shape index (κ2) is 4.19. The van der Waals surface area contributed by atoms with E-state index in [1.165, 1.54) is 0 Å². The second-order valence-electron chi connectivity index (χ2n) is 3.83. The standard InChI is InChI=1S/C8H17NO2S2/c1-6(2)13(10,11)9-8-5-12-4-7(8)3/h6-9H,4-5H2,1-3H3. The van der Waals surface area contributed by atoms with Gasteiger partial charge in [0.2, 0.25) is 10.0 Å². The molecule has 0 spiro atoms. The van der Waals surface area contributed by atoms with E-state index in [0.717, 1.165) is 11.5 Å². The first-order chi connectivity index (χ1) is 5.93. The minimum absolute atomic E-state index is 0.136. The molecule has 78 valence electrons. The summed E-state index contributed by atoms with van der Waals surface area (Å²) in [6.45, 7) is 5.50. The number of nitrogens with one attached hydrogen (secondary N) is 1. The Bertz CT molecular complexity index is 261. The number of rotatable bonds is 3. The maximum absolute atomic E-state index is 11.5. The predicted molar refractivity (Wildman–Crippen MR) is 57.5 cm³/mol. The molecule has 0 radical (unpaired) electrons. The fourth-order valence-electron chi connectivity index (χ4n) is 1.16. The van der Waals surface area contributed by atoms with Gasteiger partial charge in [0, 0.05) is 11.8 Å². The molecule has 0 aromatic rings. The quantitative estimate of drug-likeness (QED) is 0.778. The normalized spacial score (nSPS) is 29.8. The van der Waals surface area contributed by atoms with Gasteiger partial charge in [-0.2, -0.15) is 11.8 Å². The van der Waals surface area contributed by atoms with Crippen molar-refractivity contribution in [2.45, 2.75) is 32.1 Å². The predicted octanol–water partition coefficient (Wildman–Crippen LogP) is 1.07. The van der Waals surface area contributed by atoms with E-state index in [0.29, 0.717) is 5.92 Å². The zero-order valence-corrected chi connectivity index (χ0v) is 9.91. The lowest BCUT2D eigenvalue weighted by molar-refractivity contribution is 0.498. The highest BCUT2D eigenvalue weighted by atomic mass is 32.2. The molecule has 5 heteroatoms. The Hall–Kier alpha value is 0.260. The molecular weight excluding hydrogens is 206 g/mol. The molecule has 0 aliphatic carbocycles. The molecule has 13 heavy (non-hydrogen) atoms. The number of hydrogen-bond donors (Lipinski definition) is 1. The van der Waals surface area contributed by atoms with Gasteiger partial charge in [0.25, 0.3) is 0 Å². The van der Waals surface area contributed by atoms with Gasteiger partial charge < -0.3 is 0 Å². The van der Waals surface area contributed by atoms with Crippen LogP contribution in [0.4, 0.5) is 0 Å². The van der Waals surface area contributed by atoms with Crippen LogP contribution in [0.15, 0.2) is 0 Å². The van der Waals surface area contributed by atoms with Crippen molar-refractivity contribution in [2.75, 3.05) is 11.5 Å². The van der Waals surface area contributed by atoms with Crippen LogP contribution in [0.2, 0.25) is 0 Å². The maximum Gasteiger partial charge on any atom is 0.214 e. The SMILES string of the molecule is CC1CSCC1NS(=O)(=O)C(C)C.